The van der Waals surface area contributed by atoms with E-state index in [1.54, 1.807) is 35.7 Å². The number of rotatable bonds is 5. The number of ketones is 1. The van der Waals surface area contributed by atoms with Crippen LogP contribution in [-0.2, 0) is 11.2 Å². The number of anilines is 1. The molecule has 2 aliphatic heterocycles. The number of thiophene rings is 1. The predicted octanol–water partition coefficient (Wildman–Crippen LogP) is 4.86. The third-order valence-electron chi connectivity index (χ3n) is 5.71. The van der Waals surface area contributed by atoms with Gasteiger partial charge in [0.15, 0.2) is 17.3 Å². The molecule has 0 spiro atoms. The molecular weight excluding hydrogens is 426 g/mol. The summed E-state index contributed by atoms with van der Waals surface area (Å²) >= 11 is 1.28. The van der Waals surface area contributed by atoms with Crippen LogP contribution in [0.1, 0.15) is 33.8 Å². The number of benzene rings is 2. The Morgan fingerprint density at radius 1 is 1.09 bits per heavy atom. The van der Waals surface area contributed by atoms with Crippen molar-refractivity contribution in [2.75, 3.05) is 18.1 Å². The third kappa shape index (κ3) is 3.35. The van der Waals surface area contributed by atoms with E-state index in [-0.39, 0.29) is 11.4 Å². The van der Waals surface area contributed by atoms with Crippen molar-refractivity contribution in [3.63, 3.8) is 0 Å². The quantitative estimate of drug-likeness (QED) is 0.565. The summed E-state index contributed by atoms with van der Waals surface area (Å²) in [6, 6.07) is 15.7. The fourth-order valence-electron chi connectivity index (χ4n) is 4.08. The van der Waals surface area contributed by atoms with Crippen LogP contribution in [0, 0.1) is 0 Å². The molecule has 0 radical (unpaired) electrons. The van der Waals surface area contributed by atoms with Gasteiger partial charge in [-0.2, -0.15) is 0 Å². The molecule has 1 unspecified atom stereocenters. The van der Waals surface area contributed by atoms with Crippen LogP contribution in [0.3, 0.4) is 0 Å². The summed E-state index contributed by atoms with van der Waals surface area (Å²) in [5.41, 5.74) is 2.48. The molecule has 5 rings (SSSR count). The Balaban J connectivity index is 1.64. The number of hydrogen-bond acceptors (Lipinski definition) is 6. The zero-order valence-electron chi connectivity index (χ0n) is 17.4. The average molecular weight is 448 g/mol. The Morgan fingerprint density at radius 3 is 2.53 bits per heavy atom. The number of carbonyl (C=O) groups excluding carboxylic acids is 2. The fourth-order valence-corrected chi connectivity index (χ4v) is 4.75. The molecule has 162 valence electrons. The molecule has 2 aliphatic rings. The minimum atomic E-state index is -0.759. The molecule has 6 nitrogen and oxygen atoms in total. The Hall–Kier alpha value is -3.58. The normalized spacial score (nSPS) is 17.7. The van der Waals surface area contributed by atoms with E-state index in [0.29, 0.717) is 35.3 Å². The number of hydrogen-bond donors (Lipinski definition) is 1. The summed E-state index contributed by atoms with van der Waals surface area (Å²) in [7, 11) is 0. The van der Waals surface area contributed by atoms with E-state index in [9.17, 15) is 14.7 Å². The molecule has 0 fully saturated rings. The van der Waals surface area contributed by atoms with Crippen molar-refractivity contribution in [1.82, 2.24) is 0 Å². The summed E-state index contributed by atoms with van der Waals surface area (Å²) < 4.78 is 11.3. The van der Waals surface area contributed by atoms with Gasteiger partial charge in [0.1, 0.15) is 13.2 Å². The Morgan fingerprint density at radius 2 is 1.84 bits per heavy atom. The van der Waals surface area contributed by atoms with Gasteiger partial charge in [-0.25, -0.2) is 0 Å². The Labute approximate surface area is 189 Å². The van der Waals surface area contributed by atoms with Crippen LogP contribution in [-0.4, -0.2) is 30.0 Å². The van der Waals surface area contributed by atoms with E-state index >= 15 is 0 Å². The first kappa shape index (κ1) is 20.3. The van der Waals surface area contributed by atoms with Crippen LogP contribution < -0.4 is 14.4 Å². The first-order chi connectivity index (χ1) is 15.6. The molecule has 1 atom stereocenters. The van der Waals surface area contributed by atoms with Gasteiger partial charge in [-0.15, -0.1) is 11.3 Å². The summed E-state index contributed by atoms with van der Waals surface area (Å²) in [4.78, 5) is 28.5. The van der Waals surface area contributed by atoms with Crippen molar-refractivity contribution in [2.24, 2.45) is 0 Å². The van der Waals surface area contributed by atoms with Crippen LogP contribution >= 0.6 is 11.3 Å². The number of ether oxygens (including phenoxy) is 2. The third-order valence-corrected chi connectivity index (χ3v) is 6.57. The maximum absolute atomic E-state index is 13.3. The maximum atomic E-state index is 13.3. The zero-order chi connectivity index (χ0) is 22.2. The lowest BCUT2D eigenvalue weighted by Gasteiger charge is -2.28. The van der Waals surface area contributed by atoms with E-state index in [1.165, 1.54) is 16.2 Å². The smallest absolute Gasteiger partial charge is 0.294 e. The number of nitrogens with zero attached hydrogens (tertiary/aromatic N) is 1. The number of fused-ring (bicyclic) bond motifs is 1. The van der Waals surface area contributed by atoms with Crippen LogP contribution in [0.5, 0.6) is 11.5 Å². The van der Waals surface area contributed by atoms with Crippen molar-refractivity contribution in [2.45, 2.75) is 19.4 Å². The van der Waals surface area contributed by atoms with Gasteiger partial charge in [0, 0.05) is 11.8 Å². The fraction of sp³-hybridized carbons (Fsp3) is 0.200. The van der Waals surface area contributed by atoms with Gasteiger partial charge in [-0.05, 0) is 41.1 Å². The standard InChI is InChI=1S/C25H21NO5S/c1-2-15-5-7-16(8-6-15)22-21(23(27)20-4-3-13-32-20)24(28)25(29)26(22)17-9-10-18-19(14-17)31-12-11-30-18/h3-10,13-14,22,28H,2,11-12H2,1H3. The molecule has 3 aromatic rings. The highest BCUT2D eigenvalue weighted by Crippen LogP contribution is 2.44. The van der Waals surface area contributed by atoms with Crippen LogP contribution in [0.15, 0.2) is 71.3 Å². The van der Waals surface area contributed by atoms with Gasteiger partial charge in [0.2, 0.25) is 5.78 Å². The van der Waals surface area contributed by atoms with Gasteiger partial charge in [-0.3, -0.25) is 14.5 Å². The SMILES string of the molecule is CCc1ccc(C2C(C(=O)c3cccs3)=C(O)C(=O)N2c2ccc3c(c2)OCCO3)cc1. The molecule has 0 saturated heterocycles. The van der Waals surface area contributed by atoms with Gasteiger partial charge >= 0.3 is 0 Å². The molecule has 0 aliphatic carbocycles. The second kappa shape index (κ2) is 8.16. The van der Waals surface area contributed by atoms with E-state index in [4.69, 9.17) is 9.47 Å². The first-order valence-corrected chi connectivity index (χ1v) is 11.3. The zero-order valence-corrected chi connectivity index (χ0v) is 18.2. The number of carbonyl (C=O) groups is 2. The van der Waals surface area contributed by atoms with Gasteiger partial charge in [0.05, 0.1) is 16.5 Å². The number of Topliss-reactive ketones (excluding diaryl/α,β-unsaturated/α-hetero) is 1. The average Bonchev–Trinajstić information content (AvgIpc) is 3.46. The number of aliphatic hydroxyl groups excluding tert-OH is 1. The summed E-state index contributed by atoms with van der Waals surface area (Å²) in [5.74, 6) is -0.369. The highest BCUT2D eigenvalue weighted by Gasteiger charge is 2.45. The van der Waals surface area contributed by atoms with E-state index in [2.05, 4.69) is 6.92 Å². The summed E-state index contributed by atoms with van der Waals surface area (Å²) in [6.45, 7) is 2.94. The predicted molar refractivity (Wildman–Crippen MR) is 122 cm³/mol. The van der Waals surface area contributed by atoms with Gasteiger partial charge < -0.3 is 14.6 Å². The first-order valence-electron chi connectivity index (χ1n) is 10.4. The topological polar surface area (TPSA) is 76.1 Å². The van der Waals surface area contributed by atoms with Crippen molar-refractivity contribution in [1.29, 1.82) is 0 Å². The number of aliphatic hydroxyl groups is 1. The highest BCUT2D eigenvalue weighted by atomic mass is 32.1. The van der Waals surface area contributed by atoms with Crippen LogP contribution in [0.25, 0.3) is 0 Å². The molecule has 3 heterocycles. The van der Waals surface area contributed by atoms with Crippen LogP contribution in [0.2, 0.25) is 0 Å². The van der Waals surface area contributed by atoms with Crippen molar-refractivity contribution >= 4 is 28.7 Å². The molecule has 0 saturated carbocycles. The van der Waals surface area contributed by atoms with E-state index in [0.717, 1.165) is 17.5 Å². The lowest BCUT2D eigenvalue weighted by atomic mass is 9.94. The summed E-state index contributed by atoms with van der Waals surface area (Å²) in [5, 5.41) is 12.6. The summed E-state index contributed by atoms with van der Waals surface area (Å²) in [6.07, 6.45) is 0.873. The van der Waals surface area contributed by atoms with Crippen LogP contribution in [0.4, 0.5) is 5.69 Å². The van der Waals surface area contributed by atoms with Crippen molar-refractivity contribution < 1.29 is 24.2 Å². The second-order valence-electron chi connectivity index (χ2n) is 7.57. The molecule has 32 heavy (non-hydrogen) atoms. The lowest BCUT2D eigenvalue weighted by Crippen LogP contribution is -2.31. The largest absolute Gasteiger partial charge is 0.503 e. The molecule has 1 aromatic heterocycles. The molecule has 1 amide bonds. The minimum Gasteiger partial charge on any atom is -0.503 e. The highest BCUT2D eigenvalue weighted by molar-refractivity contribution is 7.12. The van der Waals surface area contributed by atoms with Crippen molar-refractivity contribution in [3.8, 4) is 11.5 Å². The number of aryl methyl sites for hydroxylation is 1. The second-order valence-corrected chi connectivity index (χ2v) is 8.52. The van der Waals surface area contributed by atoms with Crippen molar-refractivity contribution in [3.05, 3.63) is 87.3 Å². The molecule has 2 aromatic carbocycles. The minimum absolute atomic E-state index is 0.0802. The molecule has 0 bridgehead atoms. The Bertz CT molecular complexity index is 1210. The van der Waals surface area contributed by atoms with E-state index < -0.39 is 17.7 Å². The van der Waals surface area contributed by atoms with Gasteiger partial charge in [0.25, 0.3) is 5.91 Å². The molecule has 7 heteroatoms. The maximum Gasteiger partial charge on any atom is 0.294 e. The van der Waals surface area contributed by atoms with Gasteiger partial charge in [-0.1, -0.05) is 37.3 Å². The molecule has 1 N–H and O–H groups in total. The van der Waals surface area contributed by atoms with E-state index in [1.807, 2.05) is 24.3 Å². The monoisotopic (exact) mass is 447 g/mol. The molecular formula is C25H21NO5S. The number of amides is 1. The lowest BCUT2D eigenvalue weighted by molar-refractivity contribution is -0.117. The Kier molecular flexibility index (Phi) is 5.19.